The van der Waals surface area contributed by atoms with Crippen molar-refractivity contribution < 1.29 is 15.0 Å². The third-order valence-electron chi connectivity index (χ3n) is 1.96. The molecule has 1 atom stereocenters. The summed E-state index contributed by atoms with van der Waals surface area (Å²) in [5.74, 6) is -1.18. The van der Waals surface area contributed by atoms with E-state index in [2.05, 4.69) is 0 Å². The molecule has 0 saturated carbocycles. The van der Waals surface area contributed by atoms with Gasteiger partial charge in [0.15, 0.2) is 6.10 Å². The van der Waals surface area contributed by atoms with Crippen molar-refractivity contribution in [3.8, 4) is 0 Å². The van der Waals surface area contributed by atoms with Gasteiger partial charge in [0.1, 0.15) is 0 Å². The highest BCUT2D eigenvalue weighted by molar-refractivity contribution is 5.72. The van der Waals surface area contributed by atoms with Crippen LogP contribution < -0.4 is 0 Å². The van der Waals surface area contributed by atoms with Crippen LogP contribution in [0.5, 0.6) is 0 Å². The van der Waals surface area contributed by atoms with Crippen molar-refractivity contribution in [2.24, 2.45) is 0 Å². The predicted octanol–water partition coefficient (Wildman–Crippen LogP) is 0.983. The second kappa shape index (κ2) is 4.05. The van der Waals surface area contributed by atoms with Crippen molar-refractivity contribution >= 4 is 5.97 Å². The van der Waals surface area contributed by atoms with Gasteiger partial charge in [-0.05, 0) is 18.1 Å². The van der Waals surface area contributed by atoms with Crippen molar-refractivity contribution in [2.45, 2.75) is 19.4 Å². The van der Waals surface area contributed by atoms with E-state index in [9.17, 15) is 4.79 Å². The molecule has 0 spiro atoms. The van der Waals surface area contributed by atoms with E-state index in [1.807, 2.05) is 31.2 Å². The Morgan fingerprint density at radius 3 is 2.62 bits per heavy atom. The van der Waals surface area contributed by atoms with E-state index in [-0.39, 0.29) is 6.42 Å². The first kappa shape index (κ1) is 9.74. The molecule has 0 bridgehead atoms. The molecule has 2 N–H and O–H groups in total. The van der Waals surface area contributed by atoms with E-state index in [0.29, 0.717) is 0 Å². The topological polar surface area (TPSA) is 57.5 Å². The molecule has 1 aromatic carbocycles. The van der Waals surface area contributed by atoms with Crippen LogP contribution in [0.25, 0.3) is 0 Å². The van der Waals surface area contributed by atoms with E-state index in [4.69, 9.17) is 10.2 Å². The lowest BCUT2D eigenvalue weighted by atomic mass is 10.0. The fraction of sp³-hybridized carbons (Fsp3) is 0.300. The number of aryl methyl sites for hydroxylation is 1. The minimum absolute atomic E-state index is 0.169. The molecule has 0 aliphatic carbocycles. The van der Waals surface area contributed by atoms with Crippen molar-refractivity contribution in [3.63, 3.8) is 0 Å². The lowest BCUT2D eigenvalue weighted by Gasteiger charge is -2.07. The Morgan fingerprint density at radius 1 is 1.46 bits per heavy atom. The molecule has 0 aliphatic heterocycles. The molecule has 0 fully saturated rings. The fourth-order valence-corrected chi connectivity index (χ4v) is 1.13. The van der Waals surface area contributed by atoms with Crippen LogP contribution in [-0.4, -0.2) is 22.3 Å². The summed E-state index contributed by atoms with van der Waals surface area (Å²) >= 11 is 0. The highest BCUT2D eigenvalue weighted by Crippen LogP contribution is 2.09. The highest BCUT2D eigenvalue weighted by Gasteiger charge is 2.14. The number of carboxylic acids is 1. The molecule has 3 nitrogen and oxygen atoms in total. The van der Waals surface area contributed by atoms with Gasteiger partial charge in [0.2, 0.25) is 0 Å². The van der Waals surface area contributed by atoms with Gasteiger partial charge in [0.25, 0.3) is 0 Å². The fourth-order valence-electron chi connectivity index (χ4n) is 1.13. The third-order valence-corrected chi connectivity index (χ3v) is 1.96. The number of carbonyl (C=O) groups is 1. The number of aliphatic hydroxyl groups excluding tert-OH is 1. The van der Waals surface area contributed by atoms with Gasteiger partial charge in [-0.3, -0.25) is 0 Å². The lowest BCUT2D eigenvalue weighted by molar-refractivity contribution is -0.146. The standard InChI is InChI=1S/C10H12O3/c1-7-4-2-3-5-8(7)6-9(11)10(12)13/h2-5,9,11H,6H2,1H3,(H,12,13). The zero-order valence-electron chi connectivity index (χ0n) is 7.40. The number of carboxylic acid groups (broad SMARTS) is 1. The molecule has 0 aromatic heterocycles. The smallest absolute Gasteiger partial charge is 0.332 e. The normalized spacial score (nSPS) is 12.5. The Bertz CT molecular complexity index is 307. The summed E-state index contributed by atoms with van der Waals surface area (Å²) in [6, 6.07) is 7.42. The summed E-state index contributed by atoms with van der Waals surface area (Å²) in [4.78, 5) is 10.4. The molecule has 0 aliphatic rings. The minimum Gasteiger partial charge on any atom is -0.479 e. The highest BCUT2D eigenvalue weighted by atomic mass is 16.4. The maximum absolute atomic E-state index is 10.4. The molecule has 0 amide bonds. The van der Waals surface area contributed by atoms with Gasteiger partial charge < -0.3 is 10.2 Å². The Kier molecular flexibility index (Phi) is 3.03. The van der Waals surface area contributed by atoms with E-state index < -0.39 is 12.1 Å². The van der Waals surface area contributed by atoms with Crippen LogP contribution in [0, 0.1) is 6.92 Å². The molecule has 1 rings (SSSR count). The monoisotopic (exact) mass is 180 g/mol. The Labute approximate surface area is 76.6 Å². The maximum Gasteiger partial charge on any atom is 0.332 e. The first-order chi connectivity index (χ1) is 6.11. The van der Waals surface area contributed by atoms with Gasteiger partial charge in [-0.25, -0.2) is 4.79 Å². The quantitative estimate of drug-likeness (QED) is 0.729. The van der Waals surface area contributed by atoms with E-state index in [1.165, 1.54) is 0 Å². The maximum atomic E-state index is 10.4. The summed E-state index contributed by atoms with van der Waals surface area (Å²) in [7, 11) is 0. The van der Waals surface area contributed by atoms with Gasteiger partial charge in [0, 0.05) is 6.42 Å². The van der Waals surface area contributed by atoms with Crippen LogP contribution in [0.4, 0.5) is 0 Å². The summed E-state index contributed by atoms with van der Waals surface area (Å²) in [5.41, 5.74) is 1.88. The van der Waals surface area contributed by atoms with Crippen molar-refractivity contribution in [1.29, 1.82) is 0 Å². The molecular weight excluding hydrogens is 168 g/mol. The first-order valence-electron chi connectivity index (χ1n) is 4.06. The second-order valence-corrected chi connectivity index (χ2v) is 2.98. The molecule has 70 valence electrons. The van der Waals surface area contributed by atoms with Gasteiger partial charge in [-0.1, -0.05) is 24.3 Å². The Morgan fingerprint density at radius 2 is 2.08 bits per heavy atom. The molecule has 0 radical (unpaired) electrons. The summed E-state index contributed by atoms with van der Waals surface area (Å²) in [6.07, 6.45) is -1.14. The number of rotatable bonds is 3. The van der Waals surface area contributed by atoms with Crippen molar-refractivity contribution in [1.82, 2.24) is 0 Å². The largest absolute Gasteiger partial charge is 0.479 e. The summed E-state index contributed by atoms with van der Waals surface area (Å²) in [5, 5.41) is 17.6. The summed E-state index contributed by atoms with van der Waals surface area (Å²) < 4.78 is 0. The van der Waals surface area contributed by atoms with E-state index in [0.717, 1.165) is 11.1 Å². The van der Waals surface area contributed by atoms with Crippen LogP contribution in [0.2, 0.25) is 0 Å². The third kappa shape index (κ3) is 2.56. The van der Waals surface area contributed by atoms with Crippen LogP contribution in [0.1, 0.15) is 11.1 Å². The average Bonchev–Trinajstić information content (AvgIpc) is 2.08. The molecule has 1 unspecified atom stereocenters. The molecule has 1 aromatic rings. The molecule has 13 heavy (non-hydrogen) atoms. The first-order valence-corrected chi connectivity index (χ1v) is 4.06. The summed E-state index contributed by atoms with van der Waals surface area (Å²) in [6.45, 7) is 1.89. The van der Waals surface area contributed by atoms with Crippen LogP contribution in [-0.2, 0) is 11.2 Å². The molecule has 0 saturated heterocycles. The van der Waals surface area contributed by atoms with Gasteiger partial charge in [-0.15, -0.1) is 0 Å². The van der Waals surface area contributed by atoms with Crippen LogP contribution >= 0.6 is 0 Å². The van der Waals surface area contributed by atoms with Gasteiger partial charge in [-0.2, -0.15) is 0 Å². The van der Waals surface area contributed by atoms with Gasteiger partial charge >= 0.3 is 5.97 Å². The molecular formula is C10H12O3. The van der Waals surface area contributed by atoms with Crippen molar-refractivity contribution in [3.05, 3.63) is 35.4 Å². The Hall–Kier alpha value is -1.35. The molecule has 3 heteroatoms. The number of hydrogen-bond acceptors (Lipinski definition) is 2. The lowest BCUT2D eigenvalue weighted by Crippen LogP contribution is -2.22. The zero-order chi connectivity index (χ0) is 9.84. The number of aliphatic hydroxyl groups is 1. The number of hydrogen-bond donors (Lipinski definition) is 2. The van der Waals surface area contributed by atoms with Crippen LogP contribution in [0.3, 0.4) is 0 Å². The zero-order valence-corrected chi connectivity index (χ0v) is 7.40. The SMILES string of the molecule is Cc1ccccc1CC(O)C(=O)O. The number of aliphatic carboxylic acids is 1. The van der Waals surface area contributed by atoms with E-state index >= 15 is 0 Å². The molecule has 0 heterocycles. The second-order valence-electron chi connectivity index (χ2n) is 2.98. The predicted molar refractivity (Wildman–Crippen MR) is 48.5 cm³/mol. The van der Waals surface area contributed by atoms with E-state index in [1.54, 1.807) is 0 Å². The van der Waals surface area contributed by atoms with Crippen molar-refractivity contribution in [2.75, 3.05) is 0 Å². The van der Waals surface area contributed by atoms with Gasteiger partial charge in [0.05, 0.1) is 0 Å². The minimum atomic E-state index is -1.30. The van der Waals surface area contributed by atoms with Crippen LogP contribution in [0.15, 0.2) is 24.3 Å². The average molecular weight is 180 g/mol. The Balaban J connectivity index is 2.74. The number of benzene rings is 1.